The number of esters is 1. The topological polar surface area (TPSA) is 46.5 Å². The molecule has 0 bridgehead atoms. The molecule has 0 heterocycles. The number of hydrogen-bond acceptors (Lipinski definition) is 3. The van der Waals surface area contributed by atoms with E-state index in [1.165, 1.54) is 6.92 Å². The van der Waals surface area contributed by atoms with Gasteiger partial charge in [0.05, 0.1) is 12.7 Å². The summed E-state index contributed by atoms with van der Waals surface area (Å²) < 4.78 is 4.85. The largest absolute Gasteiger partial charge is 0.465 e. The molecule has 3 nitrogen and oxygen atoms in total. The predicted octanol–water partition coefficient (Wildman–Crippen LogP) is 0.877. The quantitative estimate of drug-likeness (QED) is 0.494. The first-order chi connectivity index (χ1) is 5.59. The number of rotatable bonds is 2. The van der Waals surface area contributed by atoms with Gasteiger partial charge < -0.3 is 9.84 Å². The van der Waals surface area contributed by atoms with Crippen molar-refractivity contribution in [2.24, 2.45) is 5.92 Å². The minimum Gasteiger partial charge on any atom is -0.465 e. The van der Waals surface area contributed by atoms with E-state index in [4.69, 9.17) is 4.74 Å². The molecule has 1 aliphatic rings. The summed E-state index contributed by atoms with van der Waals surface area (Å²) in [5.74, 6) is -0.0481. The molecular formula is C9H14O3. The zero-order chi connectivity index (χ0) is 9.14. The van der Waals surface area contributed by atoms with Gasteiger partial charge in [0.25, 0.3) is 0 Å². The first-order valence-corrected chi connectivity index (χ1v) is 4.09. The van der Waals surface area contributed by atoms with Gasteiger partial charge in [0.2, 0.25) is 0 Å². The lowest BCUT2D eigenvalue weighted by atomic mass is 10.0. The fourth-order valence-electron chi connectivity index (χ4n) is 1.40. The molecule has 12 heavy (non-hydrogen) atoms. The average molecular weight is 170 g/mol. The summed E-state index contributed by atoms with van der Waals surface area (Å²) in [6.45, 7) is 3.74. The smallest absolute Gasteiger partial charge is 0.302 e. The Morgan fingerprint density at radius 1 is 1.83 bits per heavy atom. The summed E-state index contributed by atoms with van der Waals surface area (Å²) in [6.07, 6.45) is 2.14. The third-order valence-corrected chi connectivity index (χ3v) is 2.11. The van der Waals surface area contributed by atoms with Crippen LogP contribution in [0.15, 0.2) is 11.6 Å². The predicted molar refractivity (Wildman–Crippen MR) is 44.5 cm³/mol. The van der Waals surface area contributed by atoms with E-state index in [1.807, 2.05) is 13.0 Å². The molecular weight excluding hydrogens is 156 g/mol. The Morgan fingerprint density at radius 3 is 2.92 bits per heavy atom. The van der Waals surface area contributed by atoms with E-state index in [-0.39, 0.29) is 18.0 Å². The fraction of sp³-hybridized carbons (Fsp3) is 0.667. The number of carbonyl (C=O) groups is 1. The maximum Gasteiger partial charge on any atom is 0.302 e. The van der Waals surface area contributed by atoms with Crippen LogP contribution in [0.3, 0.4) is 0 Å². The molecule has 0 radical (unpaired) electrons. The molecule has 0 spiro atoms. The van der Waals surface area contributed by atoms with Crippen LogP contribution in [-0.4, -0.2) is 23.8 Å². The first-order valence-electron chi connectivity index (χ1n) is 4.09. The molecule has 0 amide bonds. The Hall–Kier alpha value is -0.830. The highest BCUT2D eigenvalue weighted by Crippen LogP contribution is 2.25. The maximum atomic E-state index is 10.5. The second-order valence-corrected chi connectivity index (χ2v) is 3.21. The Labute approximate surface area is 72.0 Å². The fourth-order valence-corrected chi connectivity index (χ4v) is 1.40. The van der Waals surface area contributed by atoms with Gasteiger partial charge in [-0.3, -0.25) is 4.79 Å². The van der Waals surface area contributed by atoms with Crippen molar-refractivity contribution in [2.75, 3.05) is 6.61 Å². The van der Waals surface area contributed by atoms with Gasteiger partial charge >= 0.3 is 5.97 Å². The third kappa shape index (κ3) is 2.34. The Balaban J connectivity index is 2.35. The third-order valence-electron chi connectivity index (χ3n) is 2.11. The molecule has 0 aromatic heterocycles. The van der Waals surface area contributed by atoms with Crippen LogP contribution in [0.2, 0.25) is 0 Å². The van der Waals surface area contributed by atoms with Gasteiger partial charge in [-0.2, -0.15) is 0 Å². The van der Waals surface area contributed by atoms with Gasteiger partial charge in [0, 0.05) is 12.8 Å². The SMILES string of the molecule is CC(=O)OC[C@H]1C[C@H](O)C=C1C. The Bertz CT molecular complexity index is 208. The number of ether oxygens (including phenoxy) is 1. The second kappa shape index (κ2) is 3.72. The lowest BCUT2D eigenvalue weighted by molar-refractivity contribution is -0.142. The van der Waals surface area contributed by atoms with Crippen molar-refractivity contribution in [1.29, 1.82) is 0 Å². The summed E-state index contributed by atoms with van der Waals surface area (Å²) in [7, 11) is 0. The van der Waals surface area contributed by atoms with Gasteiger partial charge in [0.15, 0.2) is 0 Å². The molecule has 1 aliphatic carbocycles. The van der Waals surface area contributed by atoms with Crippen molar-refractivity contribution in [2.45, 2.75) is 26.4 Å². The highest BCUT2D eigenvalue weighted by molar-refractivity contribution is 5.65. The minimum absolute atomic E-state index is 0.212. The molecule has 0 aromatic rings. The lowest BCUT2D eigenvalue weighted by Gasteiger charge is -2.11. The lowest BCUT2D eigenvalue weighted by Crippen LogP contribution is -2.12. The molecule has 1 N–H and O–H groups in total. The average Bonchev–Trinajstić information content (AvgIpc) is 2.26. The van der Waals surface area contributed by atoms with Crippen molar-refractivity contribution in [3.05, 3.63) is 11.6 Å². The standard InChI is InChI=1S/C9H14O3/c1-6-3-9(11)4-8(6)5-12-7(2)10/h3,8-9,11H,4-5H2,1-2H3/t8-,9-/m1/s1. The van der Waals surface area contributed by atoms with Gasteiger partial charge in [0.1, 0.15) is 0 Å². The number of hydrogen-bond donors (Lipinski definition) is 1. The van der Waals surface area contributed by atoms with E-state index in [9.17, 15) is 9.90 Å². The summed E-state index contributed by atoms with van der Waals surface area (Å²) >= 11 is 0. The molecule has 0 saturated carbocycles. The van der Waals surface area contributed by atoms with Crippen molar-refractivity contribution in [1.82, 2.24) is 0 Å². The van der Waals surface area contributed by atoms with Crippen molar-refractivity contribution in [3.8, 4) is 0 Å². The monoisotopic (exact) mass is 170 g/mol. The van der Waals surface area contributed by atoms with Gasteiger partial charge in [-0.15, -0.1) is 0 Å². The van der Waals surface area contributed by atoms with Gasteiger partial charge in [-0.05, 0) is 13.3 Å². The highest BCUT2D eigenvalue weighted by atomic mass is 16.5. The molecule has 3 heteroatoms. The molecule has 0 aliphatic heterocycles. The molecule has 0 saturated heterocycles. The highest BCUT2D eigenvalue weighted by Gasteiger charge is 2.22. The van der Waals surface area contributed by atoms with Gasteiger partial charge in [-0.1, -0.05) is 11.6 Å². The van der Waals surface area contributed by atoms with E-state index < -0.39 is 0 Å². The zero-order valence-corrected chi connectivity index (χ0v) is 7.41. The van der Waals surface area contributed by atoms with Crippen molar-refractivity contribution in [3.63, 3.8) is 0 Å². The molecule has 2 atom stereocenters. The number of aliphatic hydroxyl groups is 1. The zero-order valence-electron chi connectivity index (χ0n) is 7.41. The molecule has 0 unspecified atom stereocenters. The Kier molecular flexibility index (Phi) is 2.87. The normalized spacial score (nSPS) is 28.4. The summed E-state index contributed by atoms with van der Waals surface area (Å²) in [5, 5.41) is 9.22. The van der Waals surface area contributed by atoms with Crippen LogP contribution in [0.1, 0.15) is 20.3 Å². The van der Waals surface area contributed by atoms with Crippen LogP contribution in [0.4, 0.5) is 0 Å². The van der Waals surface area contributed by atoms with Crippen LogP contribution >= 0.6 is 0 Å². The number of aliphatic hydroxyl groups excluding tert-OH is 1. The van der Waals surface area contributed by atoms with E-state index in [0.717, 1.165) is 5.57 Å². The van der Waals surface area contributed by atoms with Crippen molar-refractivity contribution >= 4 is 5.97 Å². The minimum atomic E-state index is -0.356. The van der Waals surface area contributed by atoms with Crippen LogP contribution < -0.4 is 0 Å². The Morgan fingerprint density at radius 2 is 2.50 bits per heavy atom. The van der Waals surface area contributed by atoms with Gasteiger partial charge in [-0.25, -0.2) is 0 Å². The van der Waals surface area contributed by atoms with Crippen LogP contribution in [0, 0.1) is 5.92 Å². The van der Waals surface area contributed by atoms with E-state index >= 15 is 0 Å². The van der Waals surface area contributed by atoms with E-state index in [2.05, 4.69) is 0 Å². The maximum absolute atomic E-state index is 10.5. The van der Waals surface area contributed by atoms with Crippen LogP contribution in [-0.2, 0) is 9.53 Å². The van der Waals surface area contributed by atoms with E-state index in [0.29, 0.717) is 13.0 Å². The van der Waals surface area contributed by atoms with E-state index in [1.54, 1.807) is 0 Å². The summed E-state index contributed by atoms with van der Waals surface area (Å²) in [4.78, 5) is 10.5. The molecule has 0 fully saturated rings. The summed E-state index contributed by atoms with van der Waals surface area (Å²) in [5.41, 5.74) is 1.11. The second-order valence-electron chi connectivity index (χ2n) is 3.21. The first kappa shape index (κ1) is 9.26. The summed E-state index contributed by atoms with van der Waals surface area (Å²) in [6, 6.07) is 0. The molecule has 1 rings (SSSR count). The molecule has 0 aromatic carbocycles. The molecule has 68 valence electrons. The van der Waals surface area contributed by atoms with Crippen LogP contribution in [0.25, 0.3) is 0 Å². The van der Waals surface area contributed by atoms with Crippen LogP contribution in [0.5, 0.6) is 0 Å². The van der Waals surface area contributed by atoms with Crippen molar-refractivity contribution < 1.29 is 14.6 Å². The number of carbonyl (C=O) groups excluding carboxylic acids is 1.